The maximum absolute atomic E-state index is 5.47. The van der Waals surface area contributed by atoms with Crippen LogP contribution in [0.5, 0.6) is 0 Å². The molecule has 98 valence electrons. The summed E-state index contributed by atoms with van der Waals surface area (Å²) in [5.74, 6) is 0. The molecule has 1 atom stereocenters. The molecule has 1 aromatic rings. The quantitative estimate of drug-likeness (QED) is 0.806. The zero-order chi connectivity index (χ0) is 12.9. The number of hydrogen-bond donors (Lipinski definition) is 1. The van der Waals surface area contributed by atoms with Gasteiger partial charge in [-0.3, -0.25) is 0 Å². The van der Waals surface area contributed by atoms with Crippen LogP contribution in [0.1, 0.15) is 45.2 Å². The molecule has 0 amide bonds. The minimum Gasteiger partial charge on any atom is -0.379 e. The first-order valence-electron chi connectivity index (χ1n) is 6.01. The van der Waals surface area contributed by atoms with Crippen molar-refractivity contribution in [2.45, 2.75) is 45.3 Å². The van der Waals surface area contributed by atoms with Crippen LogP contribution >= 0.6 is 27.3 Å². The number of ether oxygens (including phenoxy) is 1. The van der Waals surface area contributed by atoms with Gasteiger partial charge in [-0.25, -0.2) is 0 Å². The molecule has 0 saturated heterocycles. The molecule has 1 N–H and O–H groups in total. The van der Waals surface area contributed by atoms with Gasteiger partial charge in [0, 0.05) is 13.2 Å². The summed E-state index contributed by atoms with van der Waals surface area (Å²) in [7, 11) is 1.78. The van der Waals surface area contributed by atoms with Crippen LogP contribution in [0.2, 0.25) is 0 Å². The molecule has 2 nitrogen and oxygen atoms in total. The van der Waals surface area contributed by atoms with Crippen molar-refractivity contribution < 1.29 is 4.74 Å². The standard InChI is InChI=1S/C13H22BrNOS/c1-5-15-11(6-7-13(2,3)16-4)10-8-12(14)17-9-10/h8-9,11,15H,5-7H2,1-4H3. The predicted octanol–water partition coefficient (Wildman–Crippen LogP) is 4.37. The van der Waals surface area contributed by atoms with E-state index in [2.05, 4.69) is 53.5 Å². The molecule has 0 radical (unpaired) electrons. The summed E-state index contributed by atoms with van der Waals surface area (Å²) in [4.78, 5) is 0. The number of nitrogens with one attached hydrogen (secondary N) is 1. The van der Waals surface area contributed by atoms with E-state index in [1.165, 1.54) is 9.35 Å². The zero-order valence-electron chi connectivity index (χ0n) is 11.0. The van der Waals surface area contributed by atoms with E-state index in [0.29, 0.717) is 6.04 Å². The maximum Gasteiger partial charge on any atom is 0.0701 e. The number of methoxy groups -OCH3 is 1. The van der Waals surface area contributed by atoms with E-state index in [1.54, 1.807) is 18.4 Å². The largest absolute Gasteiger partial charge is 0.379 e. The molecule has 0 fully saturated rings. The molecule has 0 spiro atoms. The summed E-state index contributed by atoms with van der Waals surface area (Å²) < 4.78 is 6.67. The van der Waals surface area contributed by atoms with Gasteiger partial charge in [0.15, 0.2) is 0 Å². The van der Waals surface area contributed by atoms with E-state index in [4.69, 9.17) is 4.74 Å². The predicted molar refractivity (Wildman–Crippen MR) is 78.8 cm³/mol. The van der Waals surface area contributed by atoms with Crippen molar-refractivity contribution in [1.29, 1.82) is 0 Å². The van der Waals surface area contributed by atoms with Gasteiger partial charge in [-0.05, 0) is 66.2 Å². The van der Waals surface area contributed by atoms with Crippen molar-refractivity contribution in [2.75, 3.05) is 13.7 Å². The molecule has 17 heavy (non-hydrogen) atoms. The number of rotatable bonds is 7. The summed E-state index contributed by atoms with van der Waals surface area (Å²) in [6, 6.07) is 2.63. The summed E-state index contributed by atoms with van der Waals surface area (Å²) in [6.45, 7) is 7.42. The van der Waals surface area contributed by atoms with E-state index in [9.17, 15) is 0 Å². The third-order valence-corrected chi connectivity index (χ3v) is 4.55. The molecule has 1 rings (SSSR count). The summed E-state index contributed by atoms with van der Waals surface area (Å²) in [5, 5.41) is 5.76. The molecule has 1 heterocycles. The van der Waals surface area contributed by atoms with Gasteiger partial charge in [0.05, 0.1) is 9.39 Å². The monoisotopic (exact) mass is 319 g/mol. The second-order valence-corrected chi connectivity index (χ2v) is 7.09. The first kappa shape index (κ1) is 15.2. The highest BCUT2D eigenvalue weighted by atomic mass is 79.9. The van der Waals surface area contributed by atoms with Gasteiger partial charge >= 0.3 is 0 Å². The third-order valence-electron chi connectivity index (χ3n) is 3.03. The van der Waals surface area contributed by atoms with Gasteiger partial charge in [-0.15, -0.1) is 11.3 Å². The lowest BCUT2D eigenvalue weighted by Crippen LogP contribution is -2.27. The Kier molecular flexibility index (Phi) is 6.13. The topological polar surface area (TPSA) is 21.3 Å². The molecular weight excluding hydrogens is 298 g/mol. The van der Waals surface area contributed by atoms with Gasteiger partial charge < -0.3 is 10.1 Å². The van der Waals surface area contributed by atoms with E-state index >= 15 is 0 Å². The Morgan fingerprint density at radius 2 is 2.24 bits per heavy atom. The highest BCUT2D eigenvalue weighted by Gasteiger charge is 2.20. The van der Waals surface area contributed by atoms with Crippen molar-refractivity contribution in [3.63, 3.8) is 0 Å². The van der Waals surface area contributed by atoms with Crippen LogP contribution in [-0.2, 0) is 4.74 Å². The van der Waals surface area contributed by atoms with Crippen LogP contribution in [0, 0.1) is 0 Å². The minimum absolute atomic E-state index is 0.0407. The van der Waals surface area contributed by atoms with Crippen molar-refractivity contribution in [2.24, 2.45) is 0 Å². The van der Waals surface area contributed by atoms with E-state index in [1.807, 2.05) is 0 Å². The number of thiophene rings is 1. The van der Waals surface area contributed by atoms with Crippen LogP contribution < -0.4 is 5.32 Å². The lowest BCUT2D eigenvalue weighted by molar-refractivity contribution is 0.0117. The Hall–Kier alpha value is 0.100. The molecule has 1 aromatic heterocycles. The molecule has 0 aliphatic heterocycles. The first-order chi connectivity index (χ1) is 7.98. The van der Waals surface area contributed by atoms with Crippen molar-refractivity contribution >= 4 is 27.3 Å². The smallest absolute Gasteiger partial charge is 0.0701 e. The first-order valence-corrected chi connectivity index (χ1v) is 7.68. The van der Waals surface area contributed by atoms with Crippen LogP contribution in [0.25, 0.3) is 0 Å². The van der Waals surface area contributed by atoms with Gasteiger partial charge in [-0.1, -0.05) is 6.92 Å². The van der Waals surface area contributed by atoms with Crippen molar-refractivity contribution in [3.05, 3.63) is 20.8 Å². The molecule has 0 aliphatic rings. The summed E-state index contributed by atoms with van der Waals surface area (Å²) >= 11 is 5.26. The lowest BCUT2D eigenvalue weighted by Gasteiger charge is -2.26. The molecule has 4 heteroatoms. The van der Waals surface area contributed by atoms with Crippen LogP contribution in [0.4, 0.5) is 0 Å². The number of halogens is 1. The van der Waals surface area contributed by atoms with Crippen LogP contribution in [0.15, 0.2) is 15.2 Å². The highest BCUT2D eigenvalue weighted by molar-refractivity contribution is 9.11. The average Bonchev–Trinajstić information content (AvgIpc) is 2.71. The minimum atomic E-state index is -0.0407. The summed E-state index contributed by atoms with van der Waals surface area (Å²) in [5.41, 5.74) is 1.33. The number of hydrogen-bond acceptors (Lipinski definition) is 3. The third kappa shape index (κ3) is 5.08. The molecule has 0 aromatic carbocycles. The van der Waals surface area contributed by atoms with Gasteiger partial charge in [0.1, 0.15) is 0 Å². The van der Waals surface area contributed by atoms with E-state index < -0.39 is 0 Å². The molecule has 0 bridgehead atoms. The SMILES string of the molecule is CCNC(CCC(C)(C)OC)c1csc(Br)c1. The van der Waals surface area contributed by atoms with Gasteiger partial charge in [-0.2, -0.15) is 0 Å². The fraction of sp³-hybridized carbons (Fsp3) is 0.692. The lowest BCUT2D eigenvalue weighted by atomic mass is 9.96. The van der Waals surface area contributed by atoms with Crippen LogP contribution in [0.3, 0.4) is 0 Å². The molecular formula is C13H22BrNOS. The Balaban J connectivity index is 2.61. The fourth-order valence-electron chi connectivity index (χ4n) is 1.73. The van der Waals surface area contributed by atoms with Gasteiger partial charge in [0.25, 0.3) is 0 Å². The van der Waals surface area contributed by atoms with Crippen LogP contribution in [-0.4, -0.2) is 19.3 Å². The Morgan fingerprint density at radius 1 is 1.53 bits per heavy atom. The van der Waals surface area contributed by atoms with Crippen molar-refractivity contribution in [3.8, 4) is 0 Å². The fourth-order valence-corrected chi connectivity index (χ4v) is 2.96. The Morgan fingerprint density at radius 3 is 2.71 bits per heavy atom. The zero-order valence-corrected chi connectivity index (χ0v) is 13.5. The second-order valence-electron chi connectivity index (χ2n) is 4.80. The Bertz CT molecular complexity index is 338. The van der Waals surface area contributed by atoms with E-state index in [0.717, 1.165) is 19.4 Å². The molecule has 0 aliphatic carbocycles. The summed E-state index contributed by atoms with van der Waals surface area (Å²) in [6.07, 6.45) is 2.15. The normalized spacial score (nSPS) is 13.9. The van der Waals surface area contributed by atoms with Gasteiger partial charge in [0.2, 0.25) is 0 Å². The Labute approximate surface area is 117 Å². The maximum atomic E-state index is 5.47. The van der Waals surface area contributed by atoms with Crippen molar-refractivity contribution in [1.82, 2.24) is 5.32 Å². The average molecular weight is 320 g/mol. The molecule has 0 saturated carbocycles. The molecule has 1 unspecified atom stereocenters. The highest BCUT2D eigenvalue weighted by Crippen LogP contribution is 2.29. The van der Waals surface area contributed by atoms with E-state index in [-0.39, 0.29) is 5.60 Å². The second kappa shape index (κ2) is 6.88.